The van der Waals surface area contributed by atoms with E-state index in [2.05, 4.69) is 36.4 Å². The molecule has 50 heavy (non-hydrogen) atoms. The van der Waals surface area contributed by atoms with E-state index in [-0.39, 0.29) is 30.4 Å². The molecule has 256 valence electrons. The second-order valence-electron chi connectivity index (χ2n) is 12.7. The van der Waals surface area contributed by atoms with Crippen LogP contribution >= 0.6 is 0 Å². The third-order valence-electron chi connectivity index (χ3n) is 7.79. The fourth-order valence-electron chi connectivity index (χ4n) is 5.01. The monoisotopic (exact) mass is 675 g/mol. The smallest absolute Gasteiger partial charge is 0.326 e. The highest BCUT2D eigenvalue weighted by atomic mass is 16.5. The Balaban J connectivity index is 1.18. The number of carboxylic acids is 2. The van der Waals surface area contributed by atoms with Crippen LogP contribution in [0.15, 0.2) is 103 Å². The Bertz CT molecular complexity index is 2000. The third kappa shape index (κ3) is 9.66. The van der Waals surface area contributed by atoms with Gasteiger partial charge in [-0.25, -0.2) is 4.79 Å². The van der Waals surface area contributed by atoms with E-state index < -0.39 is 29.8 Å². The molecule has 0 spiro atoms. The van der Waals surface area contributed by atoms with Crippen LogP contribution in [-0.4, -0.2) is 45.0 Å². The lowest BCUT2D eigenvalue weighted by Gasteiger charge is -2.19. The van der Waals surface area contributed by atoms with Crippen LogP contribution in [0.3, 0.4) is 0 Å². The van der Waals surface area contributed by atoms with Crippen molar-refractivity contribution < 1.29 is 38.9 Å². The maximum Gasteiger partial charge on any atom is 0.326 e. The largest absolute Gasteiger partial charge is 0.481 e. The van der Waals surface area contributed by atoms with Crippen molar-refractivity contribution in [3.8, 4) is 23.0 Å². The first-order valence-corrected chi connectivity index (χ1v) is 15.9. The highest BCUT2D eigenvalue weighted by molar-refractivity contribution is 5.98. The molecule has 0 aliphatic rings. The second-order valence-corrected chi connectivity index (χ2v) is 12.7. The zero-order valence-corrected chi connectivity index (χ0v) is 27.8. The average molecular weight is 676 g/mol. The highest BCUT2D eigenvalue weighted by Crippen LogP contribution is 2.29. The molecule has 0 radical (unpaired) electrons. The molecular weight excluding hydrogens is 638 g/mol. The maximum atomic E-state index is 13.1. The Morgan fingerprint density at radius 3 is 1.90 bits per heavy atom. The number of pyridine rings is 1. The summed E-state index contributed by atoms with van der Waals surface area (Å²) in [6, 6.07) is 27.1. The number of carboxylic acid groups (broad SMARTS) is 2. The van der Waals surface area contributed by atoms with E-state index in [4.69, 9.17) is 14.6 Å². The van der Waals surface area contributed by atoms with Crippen LogP contribution in [0.5, 0.6) is 23.0 Å². The summed E-state index contributed by atoms with van der Waals surface area (Å²) >= 11 is 0. The van der Waals surface area contributed by atoms with Gasteiger partial charge in [0.25, 0.3) is 5.91 Å². The number of aliphatic carboxylic acids is 2. The zero-order valence-electron chi connectivity index (χ0n) is 27.8. The molecule has 4 aromatic carbocycles. The molecule has 5 aromatic rings. The predicted molar refractivity (Wildman–Crippen MR) is 188 cm³/mol. The van der Waals surface area contributed by atoms with Gasteiger partial charge in [0.1, 0.15) is 34.7 Å². The van der Waals surface area contributed by atoms with E-state index in [1.54, 1.807) is 66.9 Å². The number of hydrogen-bond acceptors (Lipinski definition) is 7. The second kappa shape index (κ2) is 15.3. The van der Waals surface area contributed by atoms with Gasteiger partial charge in [-0.3, -0.25) is 19.4 Å². The summed E-state index contributed by atoms with van der Waals surface area (Å²) in [5.74, 6) is -1.00. The minimum Gasteiger partial charge on any atom is -0.481 e. The lowest BCUT2D eigenvalue weighted by atomic mass is 9.87. The minimum atomic E-state index is -1.21. The molecule has 4 N–H and O–H groups in total. The van der Waals surface area contributed by atoms with Gasteiger partial charge in [0, 0.05) is 30.1 Å². The first kappa shape index (κ1) is 35.1. The molecule has 0 aliphatic heterocycles. The van der Waals surface area contributed by atoms with Crippen molar-refractivity contribution in [2.24, 2.45) is 0 Å². The first-order valence-electron chi connectivity index (χ1n) is 15.9. The van der Waals surface area contributed by atoms with E-state index >= 15 is 0 Å². The Labute approximate surface area is 288 Å². The van der Waals surface area contributed by atoms with E-state index in [1.807, 2.05) is 36.4 Å². The summed E-state index contributed by atoms with van der Waals surface area (Å²) in [7, 11) is 0. The van der Waals surface area contributed by atoms with Crippen molar-refractivity contribution >= 4 is 40.2 Å². The van der Waals surface area contributed by atoms with Gasteiger partial charge < -0.3 is 30.3 Å². The highest BCUT2D eigenvalue weighted by Gasteiger charge is 2.22. The Hall–Kier alpha value is -6.23. The molecule has 0 unspecified atom stereocenters. The maximum absolute atomic E-state index is 13.1. The average Bonchev–Trinajstić information content (AvgIpc) is 3.08. The summed E-state index contributed by atoms with van der Waals surface area (Å²) in [6.45, 7) is 6.44. The summed E-state index contributed by atoms with van der Waals surface area (Å²) < 4.78 is 11.9. The van der Waals surface area contributed by atoms with Gasteiger partial charge in [0.2, 0.25) is 5.91 Å². The van der Waals surface area contributed by atoms with Gasteiger partial charge in [-0.2, -0.15) is 0 Å². The number of fused-ring (bicyclic) bond motifs is 1. The van der Waals surface area contributed by atoms with Crippen LogP contribution in [0.4, 0.5) is 5.69 Å². The number of benzene rings is 4. The number of nitrogens with zero attached hydrogens (tertiary/aromatic N) is 1. The van der Waals surface area contributed by atoms with E-state index in [9.17, 15) is 24.3 Å². The van der Waals surface area contributed by atoms with Crippen LogP contribution in [0.2, 0.25) is 0 Å². The van der Waals surface area contributed by atoms with Gasteiger partial charge in [-0.15, -0.1) is 0 Å². The molecule has 1 atom stereocenters. The minimum absolute atomic E-state index is 0.0250. The van der Waals surface area contributed by atoms with Crippen LogP contribution in [0.1, 0.15) is 55.2 Å². The van der Waals surface area contributed by atoms with Gasteiger partial charge >= 0.3 is 11.9 Å². The molecule has 0 saturated carbocycles. The standard InChI is InChI=1S/C39H37N3O8/c1-39(2,3)27-7-14-30(15-8-27)50-32-13-6-25-23-40-33(22-26(25)21-32)37(46)42-34(38(47)48)20-24-4-11-29(12-5-24)49-31-16-9-28(10-17-31)41-35(43)18-19-36(44)45/h4-17,21-23,34H,18-20H2,1-3H3,(H,41,43)(H,42,46)(H,44,45)(H,47,48)/t34-/m0/s1. The number of ether oxygens (including phenoxy) is 2. The number of rotatable bonds is 13. The van der Waals surface area contributed by atoms with Crippen molar-refractivity contribution in [3.05, 3.63) is 120 Å². The SMILES string of the molecule is CC(C)(C)c1ccc(Oc2ccc3cnc(C(=O)N[C@@H](Cc4ccc(Oc5ccc(NC(=O)CCC(=O)O)cc5)cc4)C(=O)O)cc3c2)cc1. The number of carbonyl (C=O) groups is 4. The third-order valence-corrected chi connectivity index (χ3v) is 7.79. The number of hydrogen-bond donors (Lipinski definition) is 4. The molecule has 1 heterocycles. The normalized spacial score (nSPS) is 11.7. The lowest BCUT2D eigenvalue weighted by molar-refractivity contribution is -0.139. The van der Waals surface area contributed by atoms with Crippen LogP contribution in [0.25, 0.3) is 10.8 Å². The predicted octanol–water partition coefficient (Wildman–Crippen LogP) is 7.35. The van der Waals surface area contributed by atoms with Gasteiger partial charge in [0.15, 0.2) is 0 Å². The van der Waals surface area contributed by atoms with Crippen molar-refractivity contribution in [1.29, 1.82) is 0 Å². The molecule has 11 nitrogen and oxygen atoms in total. The first-order chi connectivity index (χ1) is 23.8. The van der Waals surface area contributed by atoms with Gasteiger partial charge in [0.05, 0.1) is 6.42 Å². The van der Waals surface area contributed by atoms with E-state index in [1.165, 1.54) is 5.56 Å². The molecule has 11 heteroatoms. The molecule has 1 aromatic heterocycles. The fraction of sp³-hybridized carbons (Fsp3) is 0.205. The van der Waals surface area contributed by atoms with E-state index in [0.717, 1.165) is 5.39 Å². The molecule has 0 saturated heterocycles. The topological polar surface area (TPSA) is 164 Å². The van der Waals surface area contributed by atoms with Crippen molar-refractivity contribution in [3.63, 3.8) is 0 Å². The number of anilines is 1. The van der Waals surface area contributed by atoms with Crippen molar-refractivity contribution in [2.45, 2.75) is 51.5 Å². The Morgan fingerprint density at radius 1 is 0.720 bits per heavy atom. The van der Waals surface area contributed by atoms with Crippen molar-refractivity contribution in [1.82, 2.24) is 10.3 Å². The lowest BCUT2D eigenvalue weighted by Crippen LogP contribution is -2.42. The molecule has 5 rings (SSSR count). The summed E-state index contributed by atoms with van der Waals surface area (Å²) in [6.07, 6.45) is 1.21. The molecule has 2 amide bonds. The van der Waals surface area contributed by atoms with Gasteiger partial charge in [-0.1, -0.05) is 45.0 Å². The van der Waals surface area contributed by atoms with E-state index in [0.29, 0.717) is 39.6 Å². The fourth-order valence-corrected chi connectivity index (χ4v) is 5.01. The number of carbonyl (C=O) groups excluding carboxylic acids is 2. The Morgan fingerprint density at radius 2 is 1.30 bits per heavy atom. The van der Waals surface area contributed by atoms with Crippen LogP contribution in [0, 0.1) is 0 Å². The zero-order chi connectivity index (χ0) is 35.8. The molecular formula is C39H37N3O8. The summed E-state index contributed by atoms with van der Waals surface area (Å²) in [5, 5.41) is 25.3. The number of nitrogens with one attached hydrogen (secondary N) is 2. The van der Waals surface area contributed by atoms with Crippen LogP contribution < -0.4 is 20.1 Å². The summed E-state index contributed by atoms with van der Waals surface area (Å²) in [4.78, 5) is 52.0. The summed E-state index contributed by atoms with van der Waals surface area (Å²) in [5.41, 5.74) is 2.45. The van der Waals surface area contributed by atoms with Crippen molar-refractivity contribution in [2.75, 3.05) is 5.32 Å². The number of aromatic nitrogens is 1. The quantitative estimate of drug-likeness (QED) is 0.0999. The molecule has 0 aliphatic carbocycles. The molecule has 0 fully saturated rings. The molecule has 0 bridgehead atoms. The van der Waals surface area contributed by atoms with Crippen LogP contribution in [-0.2, 0) is 26.2 Å². The Kier molecular flexibility index (Phi) is 10.8. The van der Waals surface area contributed by atoms with Gasteiger partial charge in [-0.05, 0) is 94.7 Å². The number of amides is 2.